The number of aromatic nitrogens is 4. The Kier molecular flexibility index (Phi) is 2.09. The molecule has 6 nitrogen and oxygen atoms in total. The van der Waals surface area contributed by atoms with E-state index in [0.717, 1.165) is 22.2 Å². The van der Waals surface area contributed by atoms with Crippen LogP contribution in [0.15, 0.2) is 35.4 Å². The number of benzene rings is 1. The molecule has 3 aromatic rings. The average Bonchev–Trinajstić information content (AvgIpc) is 2.94. The van der Waals surface area contributed by atoms with Gasteiger partial charge in [0.15, 0.2) is 0 Å². The van der Waals surface area contributed by atoms with E-state index in [1.54, 1.807) is 12.4 Å². The second-order valence-electron chi connectivity index (χ2n) is 3.89. The van der Waals surface area contributed by atoms with Crippen LogP contribution in [-0.2, 0) is 0 Å². The number of hydrogen-bond donors (Lipinski definition) is 4. The minimum Gasteiger partial charge on any atom is -0.320 e. The second-order valence-corrected chi connectivity index (χ2v) is 3.89. The Balaban J connectivity index is 2.08. The number of aromatic amines is 3. The number of fused-ring (bicyclic) bond motifs is 1. The van der Waals surface area contributed by atoms with Gasteiger partial charge in [0.05, 0.1) is 23.3 Å². The van der Waals surface area contributed by atoms with Crippen molar-refractivity contribution in [2.24, 2.45) is 5.73 Å². The van der Waals surface area contributed by atoms with Crippen molar-refractivity contribution in [1.29, 1.82) is 0 Å². The fourth-order valence-electron chi connectivity index (χ4n) is 1.87. The summed E-state index contributed by atoms with van der Waals surface area (Å²) < 4.78 is 0. The van der Waals surface area contributed by atoms with Crippen molar-refractivity contribution in [3.8, 4) is 0 Å². The van der Waals surface area contributed by atoms with E-state index in [9.17, 15) is 4.79 Å². The summed E-state index contributed by atoms with van der Waals surface area (Å²) in [7, 11) is 0. The summed E-state index contributed by atoms with van der Waals surface area (Å²) in [6, 6.07) is 5.34. The molecule has 0 spiro atoms. The monoisotopic (exact) mass is 229 g/mol. The Labute approximate surface area is 95.9 Å². The van der Waals surface area contributed by atoms with Gasteiger partial charge >= 0.3 is 5.69 Å². The van der Waals surface area contributed by atoms with E-state index in [-0.39, 0.29) is 11.7 Å². The quantitative estimate of drug-likeness (QED) is 0.518. The van der Waals surface area contributed by atoms with Gasteiger partial charge in [0.2, 0.25) is 0 Å². The summed E-state index contributed by atoms with van der Waals surface area (Å²) in [4.78, 5) is 16.5. The SMILES string of the molecule is NC(c1cn[nH]c1)c1ccc2[nH]c(=O)[nH]c2c1. The van der Waals surface area contributed by atoms with E-state index in [4.69, 9.17) is 5.73 Å². The fourth-order valence-corrected chi connectivity index (χ4v) is 1.87. The highest BCUT2D eigenvalue weighted by Crippen LogP contribution is 2.20. The van der Waals surface area contributed by atoms with Gasteiger partial charge in [-0.2, -0.15) is 5.10 Å². The van der Waals surface area contributed by atoms with Crippen LogP contribution >= 0.6 is 0 Å². The molecule has 0 saturated carbocycles. The lowest BCUT2D eigenvalue weighted by Gasteiger charge is -2.09. The van der Waals surface area contributed by atoms with E-state index in [0.29, 0.717) is 0 Å². The van der Waals surface area contributed by atoms with Crippen LogP contribution in [0.25, 0.3) is 11.0 Å². The summed E-state index contributed by atoms with van der Waals surface area (Å²) in [6.45, 7) is 0. The molecule has 0 fully saturated rings. The second kappa shape index (κ2) is 3.60. The molecule has 0 saturated heterocycles. The summed E-state index contributed by atoms with van der Waals surface area (Å²) in [5.74, 6) is 0. The lowest BCUT2D eigenvalue weighted by molar-refractivity contribution is 0.874. The smallest absolute Gasteiger partial charge is 0.320 e. The molecule has 0 amide bonds. The zero-order valence-electron chi connectivity index (χ0n) is 8.90. The summed E-state index contributed by atoms with van der Waals surface area (Å²) >= 11 is 0. The van der Waals surface area contributed by atoms with Crippen LogP contribution in [0.5, 0.6) is 0 Å². The summed E-state index contributed by atoms with van der Waals surface area (Å²) in [5.41, 5.74) is 9.24. The van der Waals surface area contributed by atoms with Crippen molar-refractivity contribution < 1.29 is 0 Å². The van der Waals surface area contributed by atoms with E-state index < -0.39 is 0 Å². The first kappa shape index (κ1) is 9.86. The van der Waals surface area contributed by atoms with Crippen molar-refractivity contribution in [1.82, 2.24) is 20.2 Å². The number of nitrogens with zero attached hydrogens (tertiary/aromatic N) is 1. The van der Waals surface area contributed by atoms with E-state index >= 15 is 0 Å². The highest BCUT2D eigenvalue weighted by molar-refractivity contribution is 5.75. The van der Waals surface area contributed by atoms with E-state index in [1.807, 2.05) is 18.2 Å². The summed E-state index contributed by atoms with van der Waals surface area (Å²) in [5, 5.41) is 6.59. The number of imidazole rings is 1. The van der Waals surface area contributed by atoms with Gasteiger partial charge in [-0.05, 0) is 17.7 Å². The van der Waals surface area contributed by atoms with Gasteiger partial charge in [-0.3, -0.25) is 5.10 Å². The van der Waals surface area contributed by atoms with Crippen LogP contribution in [0.2, 0.25) is 0 Å². The Morgan fingerprint density at radius 2 is 2.00 bits per heavy atom. The molecular weight excluding hydrogens is 218 g/mol. The molecule has 0 aliphatic heterocycles. The number of rotatable bonds is 2. The largest absolute Gasteiger partial charge is 0.323 e. The van der Waals surface area contributed by atoms with E-state index in [1.165, 1.54) is 0 Å². The maximum absolute atomic E-state index is 11.1. The fraction of sp³-hybridized carbons (Fsp3) is 0.0909. The van der Waals surface area contributed by atoms with Crippen molar-refractivity contribution in [3.63, 3.8) is 0 Å². The van der Waals surface area contributed by atoms with Gasteiger partial charge in [0.25, 0.3) is 0 Å². The number of H-pyrrole nitrogens is 3. The predicted octanol–water partition coefficient (Wildman–Crippen LogP) is 0.627. The lowest BCUT2D eigenvalue weighted by Crippen LogP contribution is -2.10. The molecule has 1 aromatic carbocycles. The van der Waals surface area contributed by atoms with Gasteiger partial charge in [0.1, 0.15) is 0 Å². The molecule has 3 rings (SSSR count). The highest BCUT2D eigenvalue weighted by Gasteiger charge is 2.10. The van der Waals surface area contributed by atoms with Crippen LogP contribution in [-0.4, -0.2) is 20.2 Å². The molecule has 17 heavy (non-hydrogen) atoms. The minimum absolute atomic E-state index is 0.214. The number of hydrogen-bond acceptors (Lipinski definition) is 3. The van der Waals surface area contributed by atoms with Crippen LogP contribution < -0.4 is 11.4 Å². The Morgan fingerprint density at radius 1 is 1.18 bits per heavy atom. The lowest BCUT2D eigenvalue weighted by atomic mass is 10.0. The number of nitrogens with one attached hydrogen (secondary N) is 3. The summed E-state index contributed by atoms with van der Waals surface area (Å²) in [6.07, 6.45) is 3.45. The third-order valence-electron chi connectivity index (χ3n) is 2.78. The standard InChI is InChI=1S/C11H11N5O/c12-10(7-4-13-14-5-7)6-1-2-8-9(3-6)16-11(17)15-8/h1-5,10H,12H2,(H,13,14)(H2,15,16,17). The Bertz CT molecular complexity index is 694. The zero-order chi connectivity index (χ0) is 11.8. The van der Waals surface area contributed by atoms with Crippen molar-refractivity contribution in [3.05, 3.63) is 52.2 Å². The number of nitrogens with two attached hydrogens (primary N) is 1. The Hall–Kier alpha value is -2.34. The molecule has 0 bridgehead atoms. The van der Waals surface area contributed by atoms with Gasteiger partial charge in [-0.1, -0.05) is 6.07 Å². The third kappa shape index (κ3) is 1.64. The average molecular weight is 229 g/mol. The van der Waals surface area contributed by atoms with Crippen molar-refractivity contribution in [2.75, 3.05) is 0 Å². The molecule has 0 radical (unpaired) electrons. The third-order valence-corrected chi connectivity index (χ3v) is 2.78. The molecule has 0 aliphatic carbocycles. The molecule has 6 heteroatoms. The van der Waals surface area contributed by atoms with E-state index in [2.05, 4.69) is 20.2 Å². The molecule has 0 aliphatic rings. The van der Waals surface area contributed by atoms with Crippen LogP contribution in [0.1, 0.15) is 17.2 Å². The van der Waals surface area contributed by atoms with Crippen molar-refractivity contribution >= 4 is 11.0 Å². The molecular formula is C11H11N5O. The molecule has 1 atom stereocenters. The minimum atomic E-state index is -0.253. The van der Waals surface area contributed by atoms with Gasteiger partial charge in [0, 0.05) is 11.8 Å². The van der Waals surface area contributed by atoms with Gasteiger partial charge < -0.3 is 15.7 Å². The van der Waals surface area contributed by atoms with Gasteiger partial charge in [-0.15, -0.1) is 0 Å². The topological polar surface area (TPSA) is 103 Å². The Morgan fingerprint density at radius 3 is 2.76 bits per heavy atom. The predicted molar refractivity (Wildman–Crippen MR) is 63.5 cm³/mol. The van der Waals surface area contributed by atoms with Crippen molar-refractivity contribution in [2.45, 2.75) is 6.04 Å². The molecule has 2 aromatic heterocycles. The zero-order valence-corrected chi connectivity index (χ0v) is 8.90. The van der Waals surface area contributed by atoms with Crippen LogP contribution in [0.4, 0.5) is 0 Å². The maximum Gasteiger partial charge on any atom is 0.323 e. The van der Waals surface area contributed by atoms with Crippen LogP contribution in [0.3, 0.4) is 0 Å². The first-order chi connectivity index (χ1) is 8.24. The first-order valence-electron chi connectivity index (χ1n) is 5.20. The molecule has 1 unspecified atom stereocenters. The molecule has 86 valence electrons. The maximum atomic E-state index is 11.1. The molecule has 5 N–H and O–H groups in total. The van der Waals surface area contributed by atoms with Gasteiger partial charge in [-0.25, -0.2) is 4.79 Å². The highest BCUT2D eigenvalue weighted by atomic mass is 16.1. The van der Waals surface area contributed by atoms with Crippen LogP contribution in [0, 0.1) is 0 Å². The first-order valence-corrected chi connectivity index (χ1v) is 5.20. The molecule has 2 heterocycles. The normalized spacial score (nSPS) is 13.0.